The van der Waals surface area contributed by atoms with Crippen LogP contribution in [0.3, 0.4) is 0 Å². The number of amides is 2. The van der Waals surface area contributed by atoms with Gasteiger partial charge in [-0.05, 0) is 49.2 Å². The van der Waals surface area contributed by atoms with Crippen LogP contribution in [-0.2, 0) is 4.79 Å². The third-order valence-corrected chi connectivity index (χ3v) is 5.73. The van der Waals surface area contributed by atoms with Gasteiger partial charge in [0.1, 0.15) is 23.1 Å². The van der Waals surface area contributed by atoms with E-state index in [0.29, 0.717) is 18.0 Å². The molecule has 10 heteroatoms. The van der Waals surface area contributed by atoms with E-state index in [1.807, 2.05) is 0 Å². The van der Waals surface area contributed by atoms with Crippen molar-refractivity contribution in [2.24, 2.45) is 5.92 Å². The quantitative estimate of drug-likeness (QED) is 0.591. The van der Waals surface area contributed by atoms with Crippen molar-refractivity contribution in [3.63, 3.8) is 0 Å². The predicted octanol–water partition coefficient (Wildman–Crippen LogP) is 3.08. The summed E-state index contributed by atoms with van der Waals surface area (Å²) in [5.41, 5.74) is 0.563. The standard InChI is InChI=1S/C23H25FN6O3/c1-15(31)27-21-11-10-20(30-25-12-13-26-30)22(28-21)23(32)29(2)19-5-3-4-16(19)14-33-18-8-6-17(24)7-9-18/h6-13,16,19H,3-5,14H2,1-2H3,(H,27,28,31)/t16-,19+/m1/s1. The van der Waals surface area contributed by atoms with Crippen LogP contribution in [0.25, 0.3) is 5.69 Å². The maximum absolute atomic E-state index is 13.5. The average Bonchev–Trinajstić information content (AvgIpc) is 3.49. The van der Waals surface area contributed by atoms with E-state index in [9.17, 15) is 14.0 Å². The number of hydrogen-bond donors (Lipinski definition) is 1. The first-order valence-electron chi connectivity index (χ1n) is 10.7. The smallest absolute Gasteiger partial charge is 0.274 e. The van der Waals surface area contributed by atoms with Crippen LogP contribution in [0.1, 0.15) is 36.7 Å². The van der Waals surface area contributed by atoms with Crippen LogP contribution >= 0.6 is 0 Å². The molecule has 1 aromatic carbocycles. The Kier molecular flexibility index (Phi) is 6.62. The Hall–Kier alpha value is -3.82. The number of benzene rings is 1. The highest BCUT2D eigenvalue weighted by Gasteiger charge is 2.35. The monoisotopic (exact) mass is 452 g/mol. The van der Waals surface area contributed by atoms with Crippen LogP contribution in [0.15, 0.2) is 48.8 Å². The number of pyridine rings is 1. The Balaban J connectivity index is 1.54. The second-order valence-corrected chi connectivity index (χ2v) is 8.00. The van der Waals surface area contributed by atoms with E-state index in [0.717, 1.165) is 19.3 Å². The molecule has 2 amide bonds. The van der Waals surface area contributed by atoms with Crippen molar-refractivity contribution in [3.8, 4) is 11.4 Å². The number of hydrogen-bond acceptors (Lipinski definition) is 6. The minimum absolute atomic E-state index is 0.0531. The molecular formula is C23H25FN6O3. The van der Waals surface area contributed by atoms with Crippen molar-refractivity contribution < 1.29 is 18.7 Å². The number of aromatic nitrogens is 4. The summed E-state index contributed by atoms with van der Waals surface area (Å²) in [6.45, 7) is 1.80. The zero-order chi connectivity index (χ0) is 23.4. The Labute approximate surface area is 190 Å². The zero-order valence-electron chi connectivity index (χ0n) is 18.4. The lowest BCUT2D eigenvalue weighted by molar-refractivity contribution is -0.114. The van der Waals surface area contributed by atoms with Crippen LogP contribution in [0.5, 0.6) is 5.75 Å². The van der Waals surface area contributed by atoms with Gasteiger partial charge in [-0.1, -0.05) is 6.42 Å². The summed E-state index contributed by atoms with van der Waals surface area (Å²) in [6.07, 6.45) is 5.74. The summed E-state index contributed by atoms with van der Waals surface area (Å²) in [5.74, 6) is 0.0865. The fourth-order valence-electron chi connectivity index (χ4n) is 4.13. The molecule has 0 saturated heterocycles. The first-order valence-corrected chi connectivity index (χ1v) is 10.7. The number of anilines is 1. The van der Waals surface area contributed by atoms with Crippen molar-refractivity contribution in [2.45, 2.75) is 32.2 Å². The molecular weight excluding hydrogens is 427 g/mol. The summed E-state index contributed by atoms with van der Waals surface area (Å²) >= 11 is 0. The maximum atomic E-state index is 13.5. The summed E-state index contributed by atoms with van der Waals surface area (Å²) in [5, 5.41) is 10.9. The Morgan fingerprint density at radius 2 is 1.88 bits per heavy atom. The predicted molar refractivity (Wildman–Crippen MR) is 119 cm³/mol. The van der Waals surface area contributed by atoms with Gasteiger partial charge in [0.05, 0.1) is 19.0 Å². The molecule has 1 aliphatic carbocycles. The molecule has 2 heterocycles. The molecule has 9 nitrogen and oxygen atoms in total. The highest BCUT2D eigenvalue weighted by atomic mass is 19.1. The summed E-state index contributed by atoms with van der Waals surface area (Å²) in [7, 11) is 1.75. The normalized spacial score (nSPS) is 17.5. The minimum Gasteiger partial charge on any atom is -0.493 e. The number of halogens is 1. The van der Waals surface area contributed by atoms with Crippen molar-refractivity contribution >= 4 is 17.6 Å². The Morgan fingerprint density at radius 3 is 2.58 bits per heavy atom. The van der Waals surface area contributed by atoms with Gasteiger partial charge in [-0.25, -0.2) is 9.37 Å². The third-order valence-electron chi connectivity index (χ3n) is 5.73. The van der Waals surface area contributed by atoms with E-state index in [1.165, 1.54) is 36.2 Å². The molecule has 1 aliphatic rings. The second kappa shape index (κ2) is 9.76. The Bertz CT molecular complexity index is 1120. The molecule has 2 atom stereocenters. The average molecular weight is 452 g/mol. The van der Waals surface area contributed by atoms with Crippen LogP contribution in [0.4, 0.5) is 10.2 Å². The molecule has 0 spiro atoms. The van der Waals surface area contributed by atoms with Gasteiger partial charge in [-0.15, -0.1) is 4.80 Å². The topological polar surface area (TPSA) is 102 Å². The highest BCUT2D eigenvalue weighted by molar-refractivity contribution is 5.97. The zero-order valence-corrected chi connectivity index (χ0v) is 18.4. The van der Waals surface area contributed by atoms with E-state index < -0.39 is 0 Å². The van der Waals surface area contributed by atoms with Crippen molar-refractivity contribution in [1.29, 1.82) is 0 Å². The molecule has 1 saturated carbocycles. The number of ether oxygens (including phenoxy) is 1. The molecule has 33 heavy (non-hydrogen) atoms. The van der Waals surface area contributed by atoms with Gasteiger partial charge in [-0.2, -0.15) is 10.2 Å². The van der Waals surface area contributed by atoms with Crippen LogP contribution in [0.2, 0.25) is 0 Å². The fraction of sp³-hybridized carbons (Fsp3) is 0.348. The fourth-order valence-corrected chi connectivity index (χ4v) is 4.13. The third kappa shape index (κ3) is 5.16. The maximum Gasteiger partial charge on any atom is 0.274 e. The van der Waals surface area contributed by atoms with Gasteiger partial charge in [0.25, 0.3) is 5.91 Å². The molecule has 0 aliphatic heterocycles. The van der Waals surface area contributed by atoms with Crippen LogP contribution in [-0.4, -0.2) is 56.4 Å². The second-order valence-electron chi connectivity index (χ2n) is 8.00. The summed E-state index contributed by atoms with van der Waals surface area (Å²) in [4.78, 5) is 32.4. The first kappa shape index (κ1) is 22.4. The number of nitrogens with one attached hydrogen (secondary N) is 1. The summed E-state index contributed by atoms with van der Waals surface area (Å²) < 4.78 is 19.0. The van der Waals surface area contributed by atoms with Crippen molar-refractivity contribution in [2.75, 3.05) is 19.0 Å². The van der Waals surface area contributed by atoms with Crippen molar-refractivity contribution in [1.82, 2.24) is 24.9 Å². The van der Waals surface area contributed by atoms with Gasteiger partial charge in [0.2, 0.25) is 5.91 Å². The molecule has 0 unspecified atom stereocenters. The van der Waals surface area contributed by atoms with Gasteiger partial charge in [0, 0.05) is 25.9 Å². The van der Waals surface area contributed by atoms with Gasteiger partial charge in [0.15, 0.2) is 5.69 Å². The van der Waals surface area contributed by atoms with Crippen LogP contribution < -0.4 is 10.1 Å². The SMILES string of the molecule is CC(=O)Nc1ccc(-n2nccn2)c(C(=O)N(C)[C@H]2CCC[C@@H]2COc2ccc(F)cc2)n1. The van der Waals surface area contributed by atoms with Gasteiger partial charge in [-0.3, -0.25) is 9.59 Å². The highest BCUT2D eigenvalue weighted by Crippen LogP contribution is 2.31. The number of carbonyl (C=O) groups excluding carboxylic acids is 2. The lowest BCUT2D eigenvalue weighted by Crippen LogP contribution is -2.41. The molecule has 0 radical (unpaired) electrons. The number of rotatable bonds is 7. The number of carbonyl (C=O) groups is 2. The minimum atomic E-state index is -0.317. The summed E-state index contributed by atoms with van der Waals surface area (Å²) in [6, 6.07) is 9.10. The number of nitrogens with zero attached hydrogens (tertiary/aromatic N) is 5. The molecule has 4 rings (SSSR count). The molecule has 0 bridgehead atoms. The Morgan fingerprint density at radius 1 is 1.15 bits per heavy atom. The molecule has 2 aromatic heterocycles. The van der Waals surface area contributed by atoms with Gasteiger partial charge < -0.3 is 15.0 Å². The van der Waals surface area contributed by atoms with Crippen LogP contribution in [0, 0.1) is 11.7 Å². The van der Waals surface area contributed by atoms with E-state index in [-0.39, 0.29) is 41.1 Å². The first-order chi connectivity index (χ1) is 15.9. The lowest BCUT2D eigenvalue weighted by Gasteiger charge is -2.30. The lowest BCUT2D eigenvalue weighted by atomic mass is 10.0. The van der Waals surface area contributed by atoms with E-state index >= 15 is 0 Å². The van der Waals surface area contributed by atoms with E-state index in [2.05, 4.69) is 20.5 Å². The van der Waals surface area contributed by atoms with Crippen molar-refractivity contribution in [3.05, 3.63) is 60.3 Å². The van der Waals surface area contributed by atoms with Gasteiger partial charge >= 0.3 is 0 Å². The molecule has 1 N–H and O–H groups in total. The van der Waals surface area contributed by atoms with E-state index in [4.69, 9.17) is 4.74 Å². The van der Waals surface area contributed by atoms with E-state index in [1.54, 1.807) is 36.2 Å². The molecule has 3 aromatic rings. The molecule has 172 valence electrons. The molecule has 1 fully saturated rings. The largest absolute Gasteiger partial charge is 0.493 e.